The van der Waals surface area contributed by atoms with Crippen molar-refractivity contribution in [3.8, 4) is 17.1 Å². The Balaban J connectivity index is 1.32. The van der Waals surface area contributed by atoms with Crippen molar-refractivity contribution < 1.29 is 18.4 Å². The molecule has 1 aliphatic rings. The topological polar surface area (TPSA) is 82.2 Å². The number of hydrogen-bond acceptors (Lipinski definition) is 5. The van der Waals surface area contributed by atoms with E-state index < -0.39 is 0 Å². The minimum Gasteiger partial charge on any atom is -0.497 e. The minimum atomic E-state index is -0.344. The molecule has 0 atom stereocenters. The number of benzene rings is 2. The molecule has 4 aromatic rings. The number of nitrogens with zero attached hydrogens (tertiary/aromatic N) is 3. The van der Waals surface area contributed by atoms with Gasteiger partial charge in [-0.1, -0.05) is 17.3 Å². The van der Waals surface area contributed by atoms with Crippen molar-refractivity contribution in [3.63, 3.8) is 0 Å². The van der Waals surface area contributed by atoms with Gasteiger partial charge in [0.2, 0.25) is 0 Å². The van der Waals surface area contributed by atoms with E-state index >= 15 is 0 Å². The molecule has 2 aromatic heterocycles. The summed E-state index contributed by atoms with van der Waals surface area (Å²) in [4.78, 5) is 12.8. The number of amides is 1. The minimum absolute atomic E-state index is 0.280. The number of carbonyl (C=O) groups is 1. The second-order valence-electron chi connectivity index (χ2n) is 7.37. The van der Waals surface area contributed by atoms with Gasteiger partial charge in [0, 0.05) is 17.3 Å². The molecule has 0 radical (unpaired) electrons. The summed E-state index contributed by atoms with van der Waals surface area (Å²) >= 11 is 0. The molecule has 0 spiro atoms. The van der Waals surface area contributed by atoms with E-state index in [0.29, 0.717) is 24.4 Å². The molecular weight excluding hydrogens is 399 g/mol. The first-order chi connectivity index (χ1) is 15.1. The number of nitrogens with one attached hydrogen (secondary N) is 1. The maximum absolute atomic E-state index is 13.1. The van der Waals surface area contributed by atoms with Gasteiger partial charge in [-0.15, -0.1) is 0 Å². The molecule has 8 heteroatoms. The van der Waals surface area contributed by atoms with E-state index in [1.165, 1.54) is 12.1 Å². The van der Waals surface area contributed by atoms with Crippen LogP contribution in [0.4, 0.5) is 10.1 Å². The number of fused-ring (bicyclic) bond motifs is 3. The molecule has 0 fully saturated rings. The predicted octanol–water partition coefficient (Wildman–Crippen LogP) is 4.09. The van der Waals surface area contributed by atoms with Crippen LogP contribution in [0.15, 0.2) is 59.4 Å². The van der Waals surface area contributed by atoms with Crippen molar-refractivity contribution in [2.75, 3.05) is 12.4 Å². The zero-order chi connectivity index (χ0) is 21.4. The lowest BCUT2D eigenvalue weighted by Crippen LogP contribution is -2.15. The van der Waals surface area contributed by atoms with Crippen LogP contribution >= 0.6 is 0 Å². The van der Waals surface area contributed by atoms with Crippen LogP contribution in [-0.2, 0) is 19.4 Å². The maximum atomic E-state index is 13.1. The normalized spacial score (nSPS) is 12.2. The molecule has 0 aliphatic heterocycles. The van der Waals surface area contributed by atoms with E-state index in [-0.39, 0.29) is 17.4 Å². The molecule has 0 unspecified atom stereocenters. The molecule has 2 aromatic carbocycles. The van der Waals surface area contributed by atoms with E-state index in [0.717, 1.165) is 34.4 Å². The smallest absolute Gasteiger partial charge is 0.278 e. The summed E-state index contributed by atoms with van der Waals surface area (Å²) in [6.45, 7) is 0.468. The first-order valence-electron chi connectivity index (χ1n) is 9.85. The number of ether oxygens (including phenoxy) is 1. The summed E-state index contributed by atoms with van der Waals surface area (Å²) in [6, 6.07) is 12.0. The zero-order valence-corrected chi connectivity index (χ0v) is 16.8. The van der Waals surface area contributed by atoms with Crippen molar-refractivity contribution in [1.29, 1.82) is 0 Å². The number of anilines is 1. The van der Waals surface area contributed by atoms with Gasteiger partial charge in [-0.25, -0.2) is 4.39 Å². The highest BCUT2D eigenvalue weighted by atomic mass is 19.1. The van der Waals surface area contributed by atoms with Gasteiger partial charge in [0.05, 0.1) is 25.5 Å². The molecular formula is C23H19FN4O3. The highest BCUT2D eigenvalue weighted by Crippen LogP contribution is 2.37. The Morgan fingerprint density at radius 2 is 2.06 bits per heavy atom. The maximum Gasteiger partial charge on any atom is 0.278 e. The van der Waals surface area contributed by atoms with E-state index in [4.69, 9.17) is 9.26 Å². The molecule has 0 saturated carbocycles. The fraction of sp³-hybridized carbons (Fsp3) is 0.174. The van der Waals surface area contributed by atoms with E-state index in [1.807, 2.05) is 18.2 Å². The third-order valence-corrected chi connectivity index (χ3v) is 5.35. The van der Waals surface area contributed by atoms with Crippen LogP contribution in [0.3, 0.4) is 0 Å². The largest absolute Gasteiger partial charge is 0.497 e. The summed E-state index contributed by atoms with van der Waals surface area (Å²) in [6.07, 6.45) is 4.72. The van der Waals surface area contributed by atoms with Crippen LogP contribution in [-0.4, -0.2) is 28.0 Å². The number of aryl methyl sites for hydroxylation is 1. The lowest BCUT2D eigenvalue weighted by Gasteiger charge is -2.15. The van der Waals surface area contributed by atoms with Crippen LogP contribution in [0, 0.1) is 5.82 Å². The molecule has 0 bridgehead atoms. The number of hydrogen-bond donors (Lipinski definition) is 1. The van der Waals surface area contributed by atoms with Gasteiger partial charge in [0.1, 0.15) is 11.6 Å². The predicted molar refractivity (Wildman–Crippen MR) is 112 cm³/mol. The van der Waals surface area contributed by atoms with Gasteiger partial charge < -0.3 is 14.6 Å². The van der Waals surface area contributed by atoms with Crippen LogP contribution in [0.5, 0.6) is 5.75 Å². The number of halogens is 1. The van der Waals surface area contributed by atoms with E-state index in [2.05, 4.69) is 15.6 Å². The van der Waals surface area contributed by atoms with Crippen LogP contribution < -0.4 is 10.1 Å². The van der Waals surface area contributed by atoms with Crippen molar-refractivity contribution in [2.45, 2.75) is 19.4 Å². The Bertz CT molecular complexity index is 1260. The number of rotatable bonds is 5. The van der Waals surface area contributed by atoms with E-state index in [9.17, 15) is 9.18 Å². The lowest BCUT2D eigenvalue weighted by molar-refractivity contribution is 0.101. The Labute approximate surface area is 177 Å². The molecule has 0 saturated heterocycles. The summed E-state index contributed by atoms with van der Waals surface area (Å²) < 4.78 is 25.6. The number of aromatic nitrogens is 3. The van der Waals surface area contributed by atoms with E-state index in [1.54, 1.807) is 36.3 Å². The number of methoxy groups -OCH3 is 1. The Hall–Kier alpha value is -3.94. The molecule has 156 valence electrons. The first-order valence-corrected chi connectivity index (χ1v) is 9.85. The number of carbonyl (C=O) groups excluding carboxylic acids is 1. The fourth-order valence-electron chi connectivity index (χ4n) is 3.80. The average Bonchev–Trinajstić information content (AvgIpc) is 3.41. The van der Waals surface area contributed by atoms with Crippen molar-refractivity contribution in [1.82, 2.24) is 14.9 Å². The zero-order valence-electron chi connectivity index (χ0n) is 16.8. The lowest BCUT2D eigenvalue weighted by atomic mass is 9.89. The van der Waals surface area contributed by atoms with Gasteiger partial charge >= 0.3 is 0 Å². The molecule has 2 heterocycles. The van der Waals surface area contributed by atoms with Crippen molar-refractivity contribution in [3.05, 3.63) is 83.1 Å². The Morgan fingerprint density at radius 1 is 1.23 bits per heavy atom. The molecule has 1 N–H and O–H groups in total. The van der Waals surface area contributed by atoms with Crippen molar-refractivity contribution in [2.24, 2.45) is 0 Å². The summed E-state index contributed by atoms with van der Waals surface area (Å²) in [5.74, 6) is 0.788. The second kappa shape index (κ2) is 7.71. The SMILES string of the molecule is COc1ccc2c(c1)CCc1c(C(=O)Nc3cnn(Cc4ccc(F)cc4)c3)noc1-2. The average molecular weight is 418 g/mol. The second-order valence-corrected chi connectivity index (χ2v) is 7.37. The Kier molecular flexibility index (Phi) is 4.74. The third kappa shape index (κ3) is 3.68. The van der Waals surface area contributed by atoms with Crippen LogP contribution in [0.2, 0.25) is 0 Å². The fourth-order valence-corrected chi connectivity index (χ4v) is 3.80. The molecule has 1 amide bonds. The molecule has 7 nitrogen and oxygen atoms in total. The standard InChI is InChI=1S/C23H19FN4O3/c1-30-18-7-9-19-15(10-18)4-8-20-21(27-31-22(19)20)23(29)26-17-11-25-28(13-17)12-14-2-5-16(24)6-3-14/h2-3,5-7,9-11,13H,4,8,12H2,1H3,(H,26,29). The summed E-state index contributed by atoms with van der Waals surface area (Å²) in [5, 5.41) is 11.1. The quantitative estimate of drug-likeness (QED) is 0.528. The third-order valence-electron chi connectivity index (χ3n) is 5.35. The van der Waals surface area contributed by atoms with Gasteiger partial charge in [0.25, 0.3) is 5.91 Å². The summed E-state index contributed by atoms with van der Waals surface area (Å²) in [5.41, 5.74) is 4.57. The highest BCUT2D eigenvalue weighted by molar-refractivity contribution is 6.04. The monoisotopic (exact) mass is 418 g/mol. The van der Waals surface area contributed by atoms with Gasteiger partial charge in [0.15, 0.2) is 11.5 Å². The van der Waals surface area contributed by atoms with Crippen LogP contribution in [0.25, 0.3) is 11.3 Å². The van der Waals surface area contributed by atoms with Gasteiger partial charge in [-0.05, 0) is 54.3 Å². The van der Waals surface area contributed by atoms with Gasteiger partial charge in [-0.2, -0.15) is 5.10 Å². The Morgan fingerprint density at radius 3 is 2.87 bits per heavy atom. The summed E-state index contributed by atoms with van der Waals surface area (Å²) in [7, 11) is 1.63. The highest BCUT2D eigenvalue weighted by Gasteiger charge is 2.28. The van der Waals surface area contributed by atoms with Crippen LogP contribution in [0.1, 0.15) is 27.2 Å². The molecule has 31 heavy (non-hydrogen) atoms. The van der Waals surface area contributed by atoms with Crippen molar-refractivity contribution >= 4 is 11.6 Å². The molecule has 1 aliphatic carbocycles. The van der Waals surface area contributed by atoms with Gasteiger partial charge in [-0.3, -0.25) is 9.48 Å². The first kappa shape index (κ1) is 19.0. The molecule has 5 rings (SSSR count).